The predicted octanol–water partition coefficient (Wildman–Crippen LogP) is 5.34. The van der Waals surface area contributed by atoms with Crippen LogP contribution < -0.4 is 5.32 Å². The summed E-state index contributed by atoms with van der Waals surface area (Å²) in [5.41, 5.74) is 2.37. The van der Waals surface area contributed by atoms with E-state index in [4.69, 9.17) is 9.57 Å². The van der Waals surface area contributed by atoms with Crippen molar-refractivity contribution in [2.24, 2.45) is 0 Å². The lowest BCUT2D eigenvalue weighted by Crippen LogP contribution is -2.66. The van der Waals surface area contributed by atoms with Crippen LogP contribution in [-0.2, 0) is 14.4 Å². The van der Waals surface area contributed by atoms with Crippen LogP contribution in [0.5, 0.6) is 0 Å². The standard InChI is InChI=1S/C28H36N2O5/c1-26(2)15-18(16-27(3,4)30(26)35-28(5,6)24(31)32)29-25(33)34-17-23-21-13-9-7-11-19(21)20-12-8-10-14-22(20)23/h7-14,18,23H,15-17H2,1-6H3,(H,29,33)(H,31,32). The maximum Gasteiger partial charge on any atom is 0.407 e. The second-order valence-corrected chi connectivity index (χ2v) is 11.4. The summed E-state index contributed by atoms with van der Waals surface area (Å²) < 4.78 is 5.75. The first-order valence-corrected chi connectivity index (χ1v) is 12.2. The number of carboxylic acid groups (broad SMARTS) is 1. The van der Waals surface area contributed by atoms with E-state index in [1.54, 1.807) is 18.9 Å². The second-order valence-electron chi connectivity index (χ2n) is 11.4. The number of hydrogen-bond acceptors (Lipinski definition) is 5. The molecule has 4 rings (SSSR count). The first-order chi connectivity index (χ1) is 16.3. The van der Waals surface area contributed by atoms with Crippen molar-refractivity contribution in [2.45, 2.75) is 83.0 Å². The maximum absolute atomic E-state index is 12.9. The fourth-order valence-electron chi connectivity index (χ4n) is 5.69. The van der Waals surface area contributed by atoms with Crippen LogP contribution in [0.4, 0.5) is 4.79 Å². The zero-order valence-corrected chi connectivity index (χ0v) is 21.4. The van der Waals surface area contributed by atoms with Crippen molar-refractivity contribution < 1.29 is 24.3 Å². The van der Waals surface area contributed by atoms with Crippen LogP contribution in [0.3, 0.4) is 0 Å². The number of carbonyl (C=O) groups is 2. The number of ether oxygens (including phenoxy) is 1. The van der Waals surface area contributed by atoms with Gasteiger partial charge in [0, 0.05) is 23.0 Å². The molecule has 1 amide bonds. The number of carboxylic acids is 1. The molecule has 0 radical (unpaired) electrons. The van der Waals surface area contributed by atoms with Gasteiger partial charge in [-0.05, 0) is 76.6 Å². The van der Waals surface area contributed by atoms with E-state index >= 15 is 0 Å². The molecule has 0 spiro atoms. The summed E-state index contributed by atoms with van der Waals surface area (Å²) in [7, 11) is 0. The Hall–Kier alpha value is -2.90. The van der Waals surface area contributed by atoms with Gasteiger partial charge in [0.05, 0.1) is 0 Å². The van der Waals surface area contributed by atoms with E-state index in [2.05, 4.69) is 29.6 Å². The Morgan fingerprint density at radius 2 is 1.46 bits per heavy atom. The van der Waals surface area contributed by atoms with Crippen molar-refractivity contribution in [1.82, 2.24) is 10.4 Å². The molecule has 0 saturated carbocycles. The number of carbonyl (C=O) groups excluding carboxylic acids is 1. The van der Waals surface area contributed by atoms with Crippen molar-refractivity contribution in [2.75, 3.05) is 6.61 Å². The smallest absolute Gasteiger partial charge is 0.407 e. The number of amides is 1. The highest BCUT2D eigenvalue weighted by molar-refractivity contribution is 5.79. The molecule has 188 valence electrons. The Kier molecular flexibility index (Phi) is 6.45. The molecule has 1 heterocycles. The summed E-state index contributed by atoms with van der Waals surface area (Å²) in [6, 6.07) is 16.4. The van der Waals surface area contributed by atoms with E-state index in [9.17, 15) is 14.7 Å². The van der Waals surface area contributed by atoms with E-state index < -0.39 is 28.7 Å². The Bertz CT molecular complexity index is 1060. The Balaban J connectivity index is 1.41. The number of rotatable bonds is 6. The predicted molar refractivity (Wildman–Crippen MR) is 134 cm³/mol. The molecule has 2 aromatic carbocycles. The number of hydrogen-bond donors (Lipinski definition) is 2. The third kappa shape index (κ3) is 4.93. The third-order valence-corrected chi connectivity index (χ3v) is 7.09. The number of fused-ring (bicyclic) bond motifs is 3. The van der Waals surface area contributed by atoms with Crippen LogP contribution in [0.25, 0.3) is 11.1 Å². The Labute approximate surface area is 207 Å². The van der Waals surface area contributed by atoms with Crippen molar-refractivity contribution in [1.29, 1.82) is 0 Å². The molecule has 2 aliphatic rings. The van der Waals surface area contributed by atoms with Gasteiger partial charge in [-0.3, -0.25) is 4.84 Å². The van der Waals surface area contributed by atoms with Gasteiger partial charge in [0.2, 0.25) is 0 Å². The number of aliphatic carboxylic acids is 1. The number of piperidine rings is 1. The van der Waals surface area contributed by atoms with Crippen LogP contribution >= 0.6 is 0 Å². The van der Waals surface area contributed by atoms with Gasteiger partial charge < -0.3 is 15.2 Å². The first-order valence-electron chi connectivity index (χ1n) is 12.2. The highest BCUT2D eigenvalue weighted by atomic mass is 16.7. The van der Waals surface area contributed by atoms with Crippen molar-refractivity contribution >= 4 is 12.1 Å². The lowest BCUT2D eigenvalue weighted by molar-refractivity contribution is -0.325. The minimum absolute atomic E-state index is 0.00882. The van der Waals surface area contributed by atoms with Gasteiger partial charge in [-0.1, -0.05) is 48.5 Å². The molecule has 7 nitrogen and oxygen atoms in total. The lowest BCUT2D eigenvalue weighted by Gasteiger charge is -2.55. The van der Waals surface area contributed by atoms with E-state index in [0.29, 0.717) is 12.8 Å². The van der Waals surface area contributed by atoms with Crippen molar-refractivity contribution in [3.63, 3.8) is 0 Å². The zero-order valence-electron chi connectivity index (χ0n) is 21.4. The Morgan fingerprint density at radius 3 is 1.94 bits per heavy atom. The maximum atomic E-state index is 12.9. The summed E-state index contributed by atoms with van der Waals surface area (Å²) in [5, 5.41) is 14.4. The number of alkyl carbamates (subject to hydrolysis) is 1. The molecule has 1 fully saturated rings. The van der Waals surface area contributed by atoms with E-state index in [1.807, 2.05) is 52.0 Å². The second kappa shape index (κ2) is 8.95. The van der Waals surface area contributed by atoms with Gasteiger partial charge in [-0.2, -0.15) is 5.06 Å². The van der Waals surface area contributed by atoms with Crippen LogP contribution in [0.1, 0.15) is 71.4 Å². The topological polar surface area (TPSA) is 88.1 Å². The van der Waals surface area contributed by atoms with Gasteiger partial charge in [-0.15, -0.1) is 0 Å². The highest BCUT2D eigenvalue weighted by Crippen LogP contribution is 2.45. The molecule has 1 aliphatic heterocycles. The zero-order chi connectivity index (χ0) is 25.6. The van der Waals surface area contributed by atoms with Crippen LogP contribution in [-0.4, -0.2) is 51.6 Å². The van der Waals surface area contributed by atoms with E-state index in [0.717, 1.165) is 0 Å². The van der Waals surface area contributed by atoms with Crippen molar-refractivity contribution in [3.8, 4) is 11.1 Å². The van der Waals surface area contributed by atoms with Gasteiger partial charge in [0.25, 0.3) is 0 Å². The summed E-state index contributed by atoms with van der Waals surface area (Å²) in [6.07, 6.45) is 0.746. The number of benzene rings is 2. The molecule has 2 N–H and O–H groups in total. The third-order valence-electron chi connectivity index (χ3n) is 7.09. The fraction of sp³-hybridized carbons (Fsp3) is 0.500. The summed E-state index contributed by atoms with van der Waals surface area (Å²) in [5.74, 6) is -1.02. The fourth-order valence-corrected chi connectivity index (χ4v) is 5.69. The molecule has 2 aromatic rings. The average Bonchev–Trinajstić information content (AvgIpc) is 3.08. The number of hydroxylamine groups is 2. The quantitative estimate of drug-likeness (QED) is 0.580. The monoisotopic (exact) mass is 480 g/mol. The van der Waals surface area contributed by atoms with Crippen LogP contribution in [0.15, 0.2) is 48.5 Å². The molecule has 0 bridgehead atoms. The first kappa shape index (κ1) is 25.2. The van der Waals surface area contributed by atoms with E-state index in [-0.39, 0.29) is 18.6 Å². The molecule has 0 unspecified atom stereocenters. The molecule has 7 heteroatoms. The van der Waals surface area contributed by atoms with Crippen molar-refractivity contribution in [3.05, 3.63) is 59.7 Å². The normalized spacial score (nSPS) is 19.6. The van der Waals surface area contributed by atoms with Gasteiger partial charge in [-0.25, -0.2) is 9.59 Å². The molecular formula is C28H36N2O5. The number of nitrogens with one attached hydrogen (secondary N) is 1. The summed E-state index contributed by atoms with van der Waals surface area (Å²) in [6.45, 7) is 11.3. The van der Waals surface area contributed by atoms with Crippen LogP contribution in [0.2, 0.25) is 0 Å². The SMILES string of the molecule is CC(C)(ON1C(C)(C)CC(NC(=O)OCC2c3ccccc3-c3ccccc32)CC1(C)C)C(=O)O. The Morgan fingerprint density at radius 1 is 0.971 bits per heavy atom. The summed E-state index contributed by atoms with van der Waals surface area (Å²) >= 11 is 0. The van der Waals surface area contributed by atoms with Gasteiger partial charge in [0.15, 0.2) is 5.60 Å². The molecule has 35 heavy (non-hydrogen) atoms. The molecule has 1 aliphatic carbocycles. The minimum Gasteiger partial charge on any atom is -0.479 e. The average molecular weight is 481 g/mol. The van der Waals surface area contributed by atoms with Gasteiger partial charge in [0.1, 0.15) is 6.61 Å². The lowest BCUT2D eigenvalue weighted by atomic mass is 9.79. The molecule has 0 atom stereocenters. The molecular weight excluding hydrogens is 444 g/mol. The number of nitrogens with zero attached hydrogens (tertiary/aromatic N) is 1. The van der Waals surface area contributed by atoms with Crippen LogP contribution in [0, 0.1) is 0 Å². The largest absolute Gasteiger partial charge is 0.479 e. The summed E-state index contributed by atoms with van der Waals surface area (Å²) in [4.78, 5) is 30.5. The molecule has 0 aromatic heterocycles. The minimum atomic E-state index is -1.36. The molecule has 1 saturated heterocycles. The van der Waals surface area contributed by atoms with Gasteiger partial charge >= 0.3 is 12.1 Å². The van der Waals surface area contributed by atoms with E-state index in [1.165, 1.54) is 22.3 Å². The highest BCUT2D eigenvalue weighted by Gasteiger charge is 2.50.